The van der Waals surface area contributed by atoms with Crippen LogP contribution in [-0.4, -0.2) is 47.3 Å². The minimum atomic E-state index is -0.0981. The number of Topliss-reactive ketones (excluding diaryl/α,β-unsaturated/α-hetero) is 1. The summed E-state index contributed by atoms with van der Waals surface area (Å²) in [6.07, 6.45) is 6.78. The van der Waals surface area contributed by atoms with E-state index in [1.165, 1.54) is 25.7 Å². The molecule has 0 spiro atoms. The zero-order chi connectivity index (χ0) is 18.2. The number of carbonyl (C=O) groups is 1. The number of aromatic nitrogens is 1. The van der Waals surface area contributed by atoms with Crippen LogP contribution in [0, 0.1) is 13.8 Å². The molecule has 1 aliphatic heterocycles. The van der Waals surface area contributed by atoms with Crippen LogP contribution in [-0.2, 0) is 11.4 Å². The fourth-order valence-corrected chi connectivity index (χ4v) is 3.30. The van der Waals surface area contributed by atoms with Gasteiger partial charge in [0.15, 0.2) is 12.4 Å². The van der Waals surface area contributed by atoms with E-state index in [1.807, 2.05) is 26.0 Å². The third-order valence-electron chi connectivity index (χ3n) is 4.65. The summed E-state index contributed by atoms with van der Waals surface area (Å²) < 4.78 is 2.05. The van der Waals surface area contributed by atoms with E-state index in [4.69, 9.17) is 10.6 Å². The van der Waals surface area contributed by atoms with Crippen molar-refractivity contribution in [1.29, 1.82) is 0 Å². The van der Waals surface area contributed by atoms with Gasteiger partial charge in [-0.3, -0.25) is 9.69 Å². The molecule has 2 rings (SSSR count). The summed E-state index contributed by atoms with van der Waals surface area (Å²) in [5.41, 5.74) is 8.56. The van der Waals surface area contributed by atoms with E-state index in [2.05, 4.69) is 21.2 Å². The highest BCUT2D eigenvalue weighted by atomic mass is 16.6. The van der Waals surface area contributed by atoms with Gasteiger partial charge < -0.3 is 15.1 Å². The van der Waals surface area contributed by atoms with Crippen molar-refractivity contribution in [2.45, 2.75) is 46.1 Å². The number of hydrogen-bond acceptors (Lipinski definition) is 4. The number of nitrogens with two attached hydrogens (primary N) is 1. The monoisotopic (exact) mass is 346 g/mol. The normalized spacial score (nSPS) is 16.5. The molecule has 25 heavy (non-hydrogen) atoms. The predicted octanol–water partition coefficient (Wildman–Crippen LogP) is 2.64. The van der Waals surface area contributed by atoms with Crippen LogP contribution in [0.4, 0.5) is 0 Å². The van der Waals surface area contributed by atoms with Gasteiger partial charge in [0, 0.05) is 23.5 Å². The minimum Gasteiger partial charge on any atom is -0.386 e. The van der Waals surface area contributed by atoms with Crippen LogP contribution in [0.2, 0.25) is 0 Å². The summed E-state index contributed by atoms with van der Waals surface area (Å²) in [4.78, 5) is 19.9. The fourth-order valence-electron chi connectivity index (χ4n) is 3.30. The molecule has 1 saturated heterocycles. The summed E-state index contributed by atoms with van der Waals surface area (Å²) in [6, 6.07) is 1.88. The lowest BCUT2D eigenvalue weighted by molar-refractivity contribution is 0.0772. The van der Waals surface area contributed by atoms with E-state index in [9.17, 15) is 4.79 Å². The molecule has 0 amide bonds. The quantitative estimate of drug-likeness (QED) is 0.258. The number of oxime groups is 1. The van der Waals surface area contributed by atoms with Crippen molar-refractivity contribution in [2.75, 3.05) is 26.2 Å². The number of rotatable bonds is 8. The number of ketones is 1. The summed E-state index contributed by atoms with van der Waals surface area (Å²) in [6.45, 7) is 10.9. The van der Waals surface area contributed by atoms with Gasteiger partial charge in [0.2, 0.25) is 5.78 Å². The Morgan fingerprint density at radius 2 is 2.00 bits per heavy atom. The third kappa shape index (κ3) is 5.46. The van der Waals surface area contributed by atoms with E-state index in [0.717, 1.165) is 24.5 Å². The molecule has 0 aromatic carbocycles. The SMILES string of the molecule is C=CCn1c(C)cc(C(=O)CO/N=C(/N)CN2CCCCCC2)c1C. The largest absolute Gasteiger partial charge is 0.386 e. The van der Waals surface area contributed by atoms with E-state index in [-0.39, 0.29) is 12.4 Å². The number of likely N-dealkylation sites (tertiary alicyclic amines) is 1. The highest BCUT2D eigenvalue weighted by molar-refractivity contribution is 5.98. The molecule has 138 valence electrons. The van der Waals surface area contributed by atoms with E-state index >= 15 is 0 Å². The summed E-state index contributed by atoms with van der Waals surface area (Å²) in [5.74, 6) is 0.335. The average Bonchev–Trinajstić information content (AvgIpc) is 2.76. The van der Waals surface area contributed by atoms with E-state index in [1.54, 1.807) is 0 Å². The van der Waals surface area contributed by atoms with Crippen molar-refractivity contribution >= 4 is 11.6 Å². The zero-order valence-electron chi connectivity index (χ0n) is 15.5. The first kappa shape index (κ1) is 19.2. The molecular formula is C19H30N4O2. The molecule has 0 saturated carbocycles. The van der Waals surface area contributed by atoms with Crippen molar-refractivity contribution in [2.24, 2.45) is 10.9 Å². The Labute approximate surface area is 150 Å². The second kappa shape index (κ2) is 9.42. The van der Waals surface area contributed by atoms with Gasteiger partial charge in [0.1, 0.15) is 0 Å². The number of hydrogen-bond donors (Lipinski definition) is 1. The molecule has 1 fully saturated rings. The van der Waals surface area contributed by atoms with Crippen LogP contribution in [0.5, 0.6) is 0 Å². The smallest absolute Gasteiger partial charge is 0.204 e. The molecule has 2 heterocycles. The van der Waals surface area contributed by atoms with E-state index < -0.39 is 0 Å². The Balaban J connectivity index is 1.86. The van der Waals surface area contributed by atoms with Gasteiger partial charge in [-0.05, 0) is 45.8 Å². The minimum absolute atomic E-state index is 0.0882. The van der Waals surface area contributed by atoms with Crippen LogP contribution in [0.3, 0.4) is 0 Å². The molecule has 0 radical (unpaired) electrons. The molecule has 0 bridgehead atoms. The molecule has 6 heteroatoms. The molecule has 1 aliphatic rings. The van der Waals surface area contributed by atoms with Crippen molar-refractivity contribution < 1.29 is 9.63 Å². The first-order valence-electron chi connectivity index (χ1n) is 9.00. The maximum absolute atomic E-state index is 12.4. The lowest BCUT2D eigenvalue weighted by atomic mass is 10.2. The predicted molar refractivity (Wildman–Crippen MR) is 101 cm³/mol. The molecule has 0 unspecified atom stereocenters. The lowest BCUT2D eigenvalue weighted by Crippen LogP contribution is -2.34. The van der Waals surface area contributed by atoms with Gasteiger partial charge >= 0.3 is 0 Å². The van der Waals surface area contributed by atoms with Gasteiger partial charge in [0.25, 0.3) is 0 Å². The van der Waals surface area contributed by atoms with Gasteiger partial charge in [-0.1, -0.05) is 24.1 Å². The Morgan fingerprint density at radius 1 is 1.32 bits per heavy atom. The van der Waals surface area contributed by atoms with E-state index in [0.29, 0.717) is 24.5 Å². The lowest BCUT2D eigenvalue weighted by Gasteiger charge is -2.18. The van der Waals surface area contributed by atoms with Crippen LogP contribution < -0.4 is 5.73 Å². The molecule has 1 aromatic heterocycles. The average molecular weight is 346 g/mol. The second-order valence-corrected chi connectivity index (χ2v) is 6.65. The first-order valence-corrected chi connectivity index (χ1v) is 9.00. The maximum Gasteiger partial charge on any atom is 0.204 e. The number of aryl methyl sites for hydroxylation is 1. The molecule has 6 nitrogen and oxygen atoms in total. The molecule has 0 atom stereocenters. The number of nitrogens with zero attached hydrogens (tertiary/aromatic N) is 3. The Hall–Kier alpha value is -2.08. The van der Waals surface area contributed by atoms with Crippen molar-refractivity contribution in [3.05, 3.63) is 35.7 Å². The Bertz CT molecular complexity index is 626. The van der Waals surface area contributed by atoms with Gasteiger partial charge in [-0.15, -0.1) is 6.58 Å². The summed E-state index contributed by atoms with van der Waals surface area (Å²) in [7, 11) is 0. The topological polar surface area (TPSA) is 72.8 Å². The van der Waals surface area contributed by atoms with Gasteiger partial charge in [-0.2, -0.15) is 0 Å². The highest BCUT2D eigenvalue weighted by Gasteiger charge is 2.16. The zero-order valence-corrected chi connectivity index (χ0v) is 15.5. The first-order chi connectivity index (χ1) is 12.0. The third-order valence-corrected chi connectivity index (χ3v) is 4.65. The summed E-state index contributed by atoms with van der Waals surface area (Å²) in [5, 5.41) is 3.92. The van der Waals surface area contributed by atoms with Gasteiger partial charge in [0.05, 0.1) is 6.54 Å². The van der Waals surface area contributed by atoms with Crippen molar-refractivity contribution in [3.63, 3.8) is 0 Å². The standard InChI is InChI=1S/C19H30N4O2/c1-4-9-23-15(2)12-17(16(23)3)18(24)14-25-21-19(20)13-22-10-7-5-6-8-11-22/h4,12H,1,5-11,13-14H2,2-3H3,(H2,20,21). The number of carbonyl (C=O) groups excluding carboxylic acids is 1. The fraction of sp³-hybridized carbons (Fsp3) is 0.579. The summed E-state index contributed by atoms with van der Waals surface area (Å²) >= 11 is 0. The number of allylic oxidation sites excluding steroid dienone is 1. The molecule has 2 N–H and O–H groups in total. The van der Waals surface area contributed by atoms with Crippen LogP contribution >= 0.6 is 0 Å². The Morgan fingerprint density at radius 3 is 2.64 bits per heavy atom. The van der Waals surface area contributed by atoms with Crippen molar-refractivity contribution in [1.82, 2.24) is 9.47 Å². The Kier molecular flexibility index (Phi) is 7.25. The second-order valence-electron chi connectivity index (χ2n) is 6.65. The molecule has 1 aromatic rings. The van der Waals surface area contributed by atoms with Crippen molar-refractivity contribution in [3.8, 4) is 0 Å². The maximum atomic E-state index is 12.4. The van der Waals surface area contributed by atoms with Crippen LogP contribution in [0.15, 0.2) is 23.9 Å². The highest BCUT2D eigenvalue weighted by Crippen LogP contribution is 2.16. The molecule has 0 aliphatic carbocycles. The molecular weight excluding hydrogens is 316 g/mol. The van der Waals surface area contributed by atoms with Gasteiger partial charge in [-0.25, -0.2) is 0 Å². The number of amidine groups is 1. The van der Waals surface area contributed by atoms with Crippen LogP contribution in [0.1, 0.15) is 47.4 Å². The van der Waals surface area contributed by atoms with Crippen LogP contribution in [0.25, 0.3) is 0 Å².